The number of nitro benzene ring substituents is 1. The first-order valence-corrected chi connectivity index (χ1v) is 9.99. The van der Waals surface area contributed by atoms with E-state index in [0.29, 0.717) is 6.42 Å². The Morgan fingerprint density at radius 3 is 2.57 bits per heavy atom. The molecule has 150 valence electrons. The van der Waals surface area contributed by atoms with Crippen molar-refractivity contribution in [3.8, 4) is 0 Å². The lowest BCUT2D eigenvalue weighted by Crippen LogP contribution is -2.34. The average Bonchev–Trinajstić information content (AvgIpc) is 2.71. The molecule has 1 aliphatic carbocycles. The quantitative estimate of drug-likeness (QED) is 0.464. The molecule has 0 amide bonds. The maximum absolute atomic E-state index is 13.3. The second kappa shape index (κ2) is 6.49. The van der Waals surface area contributed by atoms with Gasteiger partial charge < -0.3 is 5.32 Å². The third kappa shape index (κ3) is 2.87. The van der Waals surface area contributed by atoms with E-state index in [-0.39, 0.29) is 22.8 Å². The number of hydrogen-bond donors (Lipinski definition) is 1. The second-order valence-electron chi connectivity index (χ2n) is 8.84. The van der Waals surface area contributed by atoms with Crippen LogP contribution in [0.5, 0.6) is 0 Å². The van der Waals surface area contributed by atoms with Crippen molar-refractivity contribution in [3.05, 3.63) is 87.2 Å². The fourth-order valence-corrected chi connectivity index (χ4v) is 4.78. The molecule has 5 rings (SSSR count). The second-order valence-corrected chi connectivity index (χ2v) is 8.84. The van der Waals surface area contributed by atoms with Gasteiger partial charge in [0, 0.05) is 41.1 Å². The summed E-state index contributed by atoms with van der Waals surface area (Å²) in [5, 5.41) is 15.6. The van der Waals surface area contributed by atoms with Crippen molar-refractivity contribution >= 4 is 28.1 Å². The minimum atomic E-state index is -0.404. The van der Waals surface area contributed by atoms with E-state index in [9.17, 15) is 14.9 Å². The van der Waals surface area contributed by atoms with Crippen LogP contribution in [-0.2, 0) is 4.79 Å². The van der Waals surface area contributed by atoms with Gasteiger partial charge >= 0.3 is 0 Å². The molecule has 0 radical (unpaired) electrons. The zero-order valence-electron chi connectivity index (χ0n) is 16.8. The molecule has 2 aliphatic rings. The minimum absolute atomic E-state index is 0.0396. The lowest BCUT2D eigenvalue weighted by Gasteiger charge is -2.39. The number of carbonyl (C=O) groups is 1. The Hall–Kier alpha value is -3.54. The number of rotatable bonds is 2. The van der Waals surface area contributed by atoms with E-state index < -0.39 is 4.92 Å². The monoisotopic (exact) mass is 399 g/mol. The van der Waals surface area contributed by atoms with Crippen LogP contribution in [0.2, 0.25) is 0 Å². The first-order valence-electron chi connectivity index (χ1n) is 9.99. The number of para-hydroxylation sites is 1. The van der Waals surface area contributed by atoms with E-state index in [0.717, 1.165) is 45.4 Å². The van der Waals surface area contributed by atoms with Crippen molar-refractivity contribution in [3.63, 3.8) is 0 Å². The Balaban J connectivity index is 1.78. The van der Waals surface area contributed by atoms with Crippen LogP contribution in [0.3, 0.4) is 0 Å². The largest absolute Gasteiger partial charge is 0.357 e. The van der Waals surface area contributed by atoms with Crippen LogP contribution in [0.25, 0.3) is 10.9 Å². The Morgan fingerprint density at radius 1 is 1.10 bits per heavy atom. The number of hydrogen-bond acceptors (Lipinski definition) is 5. The molecule has 1 aromatic heterocycles. The van der Waals surface area contributed by atoms with Gasteiger partial charge in [-0.2, -0.15) is 0 Å². The zero-order valence-corrected chi connectivity index (χ0v) is 16.8. The molecule has 0 saturated heterocycles. The van der Waals surface area contributed by atoms with Gasteiger partial charge in [0.15, 0.2) is 5.78 Å². The summed E-state index contributed by atoms with van der Waals surface area (Å²) < 4.78 is 0. The predicted octanol–water partition coefficient (Wildman–Crippen LogP) is 5.34. The third-order valence-corrected chi connectivity index (χ3v) is 6.04. The summed E-state index contributed by atoms with van der Waals surface area (Å²) in [5.74, 6) is -0.155. The molecule has 1 unspecified atom stereocenters. The highest BCUT2D eigenvalue weighted by Crippen LogP contribution is 2.50. The van der Waals surface area contributed by atoms with Crippen molar-refractivity contribution in [2.45, 2.75) is 32.6 Å². The van der Waals surface area contributed by atoms with E-state index in [1.165, 1.54) is 12.1 Å². The summed E-state index contributed by atoms with van der Waals surface area (Å²) in [6, 6.07) is 14.4. The van der Waals surface area contributed by atoms with Gasteiger partial charge in [-0.3, -0.25) is 19.9 Å². The van der Waals surface area contributed by atoms with Crippen LogP contribution in [0.1, 0.15) is 43.7 Å². The molecule has 0 bridgehead atoms. The molecule has 6 heteroatoms. The SMILES string of the molecule is CC1(C)CC(=O)C2=C(C1)Nc1cnc3ccccc3c1C2c1ccc([N+](=O)[O-])cc1. The van der Waals surface area contributed by atoms with Gasteiger partial charge in [0.2, 0.25) is 0 Å². The van der Waals surface area contributed by atoms with E-state index in [1.54, 1.807) is 12.1 Å². The normalized spacial score (nSPS) is 19.8. The number of ketones is 1. The summed E-state index contributed by atoms with van der Waals surface area (Å²) in [6.45, 7) is 4.21. The summed E-state index contributed by atoms with van der Waals surface area (Å²) in [7, 11) is 0. The molecule has 0 saturated carbocycles. The van der Waals surface area contributed by atoms with Crippen molar-refractivity contribution in [2.75, 3.05) is 5.32 Å². The van der Waals surface area contributed by atoms with Crippen molar-refractivity contribution in [1.29, 1.82) is 0 Å². The third-order valence-electron chi connectivity index (χ3n) is 6.04. The van der Waals surface area contributed by atoms with Gasteiger partial charge in [-0.25, -0.2) is 0 Å². The summed E-state index contributed by atoms with van der Waals surface area (Å²) in [6.07, 6.45) is 3.07. The fraction of sp³-hybridized carbons (Fsp3) is 0.250. The van der Waals surface area contributed by atoms with E-state index in [1.807, 2.05) is 30.5 Å². The summed E-state index contributed by atoms with van der Waals surface area (Å²) in [5.41, 5.74) is 5.25. The van der Waals surface area contributed by atoms with E-state index >= 15 is 0 Å². The molecule has 3 aromatic rings. The van der Waals surface area contributed by atoms with Gasteiger partial charge in [-0.15, -0.1) is 0 Å². The fourth-order valence-electron chi connectivity index (χ4n) is 4.78. The maximum Gasteiger partial charge on any atom is 0.269 e. The van der Waals surface area contributed by atoms with Crippen LogP contribution in [0, 0.1) is 15.5 Å². The van der Waals surface area contributed by atoms with E-state index in [4.69, 9.17) is 0 Å². The highest BCUT2D eigenvalue weighted by atomic mass is 16.6. The van der Waals surface area contributed by atoms with Crippen LogP contribution < -0.4 is 5.32 Å². The average molecular weight is 399 g/mol. The number of anilines is 1. The zero-order chi connectivity index (χ0) is 21.0. The molecular weight excluding hydrogens is 378 g/mol. The Kier molecular flexibility index (Phi) is 4.00. The Morgan fingerprint density at radius 2 is 1.83 bits per heavy atom. The van der Waals surface area contributed by atoms with Gasteiger partial charge in [0.05, 0.1) is 22.3 Å². The first-order chi connectivity index (χ1) is 14.3. The molecule has 0 spiro atoms. The molecular formula is C24H21N3O3. The lowest BCUT2D eigenvalue weighted by molar-refractivity contribution is -0.384. The standard InChI is InChI=1S/C24H21N3O3/c1-24(2)11-18-23(20(28)12-24)21(14-7-9-15(10-8-14)27(29)30)22-16-5-3-4-6-17(16)25-13-19(22)26-18/h3-10,13,21,26H,11-12H2,1-2H3. The molecule has 6 nitrogen and oxygen atoms in total. The number of allylic oxidation sites excluding steroid dienone is 2. The molecule has 1 atom stereocenters. The number of fused-ring (bicyclic) bond motifs is 3. The van der Waals surface area contributed by atoms with E-state index in [2.05, 4.69) is 24.1 Å². The molecule has 1 N–H and O–H groups in total. The number of carbonyl (C=O) groups excluding carboxylic acids is 1. The van der Waals surface area contributed by atoms with Gasteiger partial charge in [-0.05, 0) is 29.0 Å². The highest BCUT2D eigenvalue weighted by Gasteiger charge is 2.41. The van der Waals surface area contributed by atoms with Crippen molar-refractivity contribution in [1.82, 2.24) is 4.98 Å². The summed E-state index contributed by atoms with van der Waals surface area (Å²) >= 11 is 0. The van der Waals surface area contributed by atoms with Crippen molar-refractivity contribution < 1.29 is 9.72 Å². The number of nitro groups is 1. The number of Topliss-reactive ketones (excluding diaryl/α,β-unsaturated/α-hetero) is 1. The number of aromatic nitrogens is 1. The topological polar surface area (TPSA) is 85.1 Å². The number of pyridine rings is 1. The molecule has 30 heavy (non-hydrogen) atoms. The van der Waals surface area contributed by atoms with Crippen molar-refractivity contribution in [2.24, 2.45) is 5.41 Å². The molecule has 2 aromatic carbocycles. The number of nitrogens with one attached hydrogen (secondary N) is 1. The number of nitrogens with zero attached hydrogens (tertiary/aromatic N) is 2. The highest BCUT2D eigenvalue weighted by molar-refractivity contribution is 6.03. The van der Waals surface area contributed by atoms with Crippen LogP contribution in [0.4, 0.5) is 11.4 Å². The molecule has 0 fully saturated rings. The minimum Gasteiger partial charge on any atom is -0.357 e. The Bertz CT molecular complexity index is 1240. The predicted molar refractivity (Wildman–Crippen MR) is 115 cm³/mol. The van der Waals surface area contributed by atoms with Gasteiger partial charge in [0.1, 0.15) is 0 Å². The van der Waals surface area contributed by atoms with Crippen LogP contribution in [-0.4, -0.2) is 15.7 Å². The smallest absolute Gasteiger partial charge is 0.269 e. The molecule has 2 heterocycles. The van der Waals surface area contributed by atoms with Gasteiger partial charge in [-0.1, -0.05) is 44.2 Å². The first kappa shape index (κ1) is 18.5. The Labute approximate surface area is 173 Å². The summed E-state index contributed by atoms with van der Waals surface area (Å²) in [4.78, 5) is 28.7. The molecule has 1 aliphatic heterocycles. The number of non-ortho nitro benzene ring substituents is 1. The lowest BCUT2D eigenvalue weighted by atomic mass is 9.68. The maximum atomic E-state index is 13.3. The van der Waals surface area contributed by atoms with Gasteiger partial charge in [0.25, 0.3) is 5.69 Å². The van der Waals surface area contributed by atoms with Crippen LogP contribution >= 0.6 is 0 Å². The van der Waals surface area contributed by atoms with Crippen LogP contribution in [0.15, 0.2) is 66.0 Å². The number of benzene rings is 2.